The Labute approximate surface area is 98.9 Å². The van der Waals surface area contributed by atoms with Gasteiger partial charge in [-0.3, -0.25) is 0 Å². The second kappa shape index (κ2) is 3.80. The van der Waals surface area contributed by atoms with Gasteiger partial charge in [0.05, 0.1) is 11.6 Å². The van der Waals surface area contributed by atoms with Crippen LogP contribution in [0.3, 0.4) is 0 Å². The van der Waals surface area contributed by atoms with E-state index in [0.717, 1.165) is 10.2 Å². The predicted octanol–water partition coefficient (Wildman–Crippen LogP) is 2.84. The van der Waals surface area contributed by atoms with E-state index in [9.17, 15) is 0 Å². The van der Waals surface area contributed by atoms with Crippen LogP contribution in [-0.2, 0) is 5.41 Å². The Morgan fingerprint density at radius 1 is 1.47 bits per heavy atom. The molecular formula is C12H16BrNO. The Balaban J connectivity index is 2.45. The highest BCUT2D eigenvalue weighted by Gasteiger charge is 2.48. The first kappa shape index (κ1) is 11.0. The van der Waals surface area contributed by atoms with Crippen LogP contribution in [0.25, 0.3) is 0 Å². The SMILES string of the molecule is COc1cccc(C2(C(C)N)CC2)c1Br. The monoisotopic (exact) mass is 269 g/mol. The third kappa shape index (κ3) is 1.68. The largest absolute Gasteiger partial charge is 0.496 e. The van der Waals surface area contributed by atoms with Gasteiger partial charge in [-0.2, -0.15) is 0 Å². The van der Waals surface area contributed by atoms with E-state index in [4.69, 9.17) is 10.5 Å². The summed E-state index contributed by atoms with van der Waals surface area (Å²) in [7, 11) is 1.69. The van der Waals surface area contributed by atoms with Gasteiger partial charge in [-0.05, 0) is 47.3 Å². The van der Waals surface area contributed by atoms with E-state index < -0.39 is 0 Å². The molecule has 1 aromatic rings. The van der Waals surface area contributed by atoms with E-state index >= 15 is 0 Å². The van der Waals surface area contributed by atoms with Gasteiger partial charge in [0.1, 0.15) is 5.75 Å². The molecule has 1 aliphatic rings. The molecule has 1 aliphatic carbocycles. The molecule has 0 aromatic heterocycles. The highest BCUT2D eigenvalue weighted by molar-refractivity contribution is 9.10. The van der Waals surface area contributed by atoms with Gasteiger partial charge >= 0.3 is 0 Å². The topological polar surface area (TPSA) is 35.2 Å². The van der Waals surface area contributed by atoms with Crippen molar-refractivity contribution in [3.8, 4) is 5.75 Å². The van der Waals surface area contributed by atoms with Gasteiger partial charge in [-0.15, -0.1) is 0 Å². The minimum atomic E-state index is 0.174. The number of hydrogen-bond acceptors (Lipinski definition) is 2. The third-order valence-electron chi connectivity index (χ3n) is 3.38. The van der Waals surface area contributed by atoms with E-state index in [1.54, 1.807) is 7.11 Å². The first-order valence-electron chi connectivity index (χ1n) is 5.20. The van der Waals surface area contributed by atoms with Crippen LogP contribution >= 0.6 is 15.9 Å². The van der Waals surface area contributed by atoms with Crippen LogP contribution < -0.4 is 10.5 Å². The lowest BCUT2D eigenvalue weighted by atomic mass is 9.89. The van der Waals surface area contributed by atoms with Crippen molar-refractivity contribution in [3.63, 3.8) is 0 Å². The van der Waals surface area contributed by atoms with Crippen molar-refractivity contribution in [2.24, 2.45) is 5.73 Å². The molecule has 82 valence electrons. The minimum absolute atomic E-state index is 0.174. The van der Waals surface area contributed by atoms with Crippen LogP contribution in [0.1, 0.15) is 25.3 Å². The van der Waals surface area contributed by atoms with Crippen molar-refractivity contribution in [2.75, 3.05) is 7.11 Å². The Morgan fingerprint density at radius 3 is 2.60 bits per heavy atom. The standard InChI is InChI=1S/C12H16BrNO/c1-8(14)12(6-7-12)9-4-3-5-10(15-2)11(9)13/h3-5,8H,6-7,14H2,1-2H3. The van der Waals surface area contributed by atoms with Crippen LogP contribution in [0.4, 0.5) is 0 Å². The van der Waals surface area contributed by atoms with Crippen LogP contribution in [0.15, 0.2) is 22.7 Å². The fraction of sp³-hybridized carbons (Fsp3) is 0.500. The summed E-state index contributed by atoms with van der Waals surface area (Å²) in [4.78, 5) is 0. The maximum Gasteiger partial charge on any atom is 0.133 e. The fourth-order valence-corrected chi connectivity index (χ4v) is 2.98. The van der Waals surface area contributed by atoms with Crippen LogP contribution in [0.5, 0.6) is 5.75 Å². The number of hydrogen-bond donors (Lipinski definition) is 1. The molecule has 0 heterocycles. The predicted molar refractivity (Wildman–Crippen MR) is 65.3 cm³/mol. The average molecular weight is 270 g/mol. The molecule has 1 saturated carbocycles. The van der Waals surface area contributed by atoms with Gasteiger partial charge < -0.3 is 10.5 Å². The van der Waals surface area contributed by atoms with Gasteiger partial charge in [0.15, 0.2) is 0 Å². The number of halogens is 1. The van der Waals surface area contributed by atoms with Crippen molar-refractivity contribution in [2.45, 2.75) is 31.2 Å². The molecule has 0 aliphatic heterocycles. The third-order valence-corrected chi connectivity index (χ3v) is 4.20. The van der Waals surface area contributed by atoms with Crippen LogP contribution in [0.2, 0.25) is 0 Å². The van der Waals surface area contributed by atoms with Crippen LogP contribution in [0, 0.1) is 0 Å². The molecular weight excluding hydrogens is 254 g/mol. The molecule has 1 atom stereocenters. The molecule has 0 amide bonds. The molecule has 2 nitrogen and oxygen atoms in total. The first-order valence-corrected chi connectivity index (χ1v) is 5.99. The van der Waals surface area contributed by atoms with Crippen molar-refractivity contribution in [1.82, 2.24) is 0 Å². The minimum Gasteiger partial charge on any atom is -0.496 e. The molecule has 0 bridgehead atoms. The van der Waals surface area contributed by atoms with Crippen molar-refractivity contribution in [3.05, 3.63) is 28.2 Å². The van der Waals surface area contributed by atoms with Gasteiger partial charge in [0.25, 0.3) is 0 Å². The number of benzene rings is 1. The molecule has 1 unspecified atom stereocenters. The lowest BCUT2D eigenvalue weighted by Crippen LogP contribution is -2.31. The molecule has 1 aromatic carbocycles. The molecule has 1 fully saturated rings. The number of nitrogens with two attached hydrogens (primary N) is 1. The molecule has 15 heavy (non-hydrogen) atoms. The molecule has 0 radical (unpaired) electrons. The summed E-state index contributed by atoms with van der Waals surface area (Å²) < 4.78 is 6.36. The van der Waals surface area contributed by atoms with E-state index in [1.165, 1.54) is 18.4 Å². The van der Waals surface area contributed by atoms with Crippen molar-refractivity contribution in [1.29, 1.82) is 0 Å². The lowest BCUT2D eigenvalue weighted by Gasteiger charge is -2.22. The Bertz CT molecular complexity index is 372. The quantitative estimate of drug-likeness (QED) is 0.916. The van der Waals surface area contributed by atoms with E-state index in [0.29, 0.717) is 0 Å². The second-order valence-corrected chi connectivity index (χ2v) is 5.06. The number of ether oxygens (including phenoxy) is 1. The fourth-order valence-electron chi connectivity index (χ4n) is 2.16. The van der Waals surface area contributed by atoms with E-state index in [1.807, 2.05) is 12.1 Å². The van der Waals surface area contributed by atoms with Gasteiger partial charge in [-0.25, -0.2) is 0 Å². The zero-order valence-electron chi connectivity index (χ0n) is 9.09. The van der Waals surface area contributed by atoms with Crippen molar-refractivity contribution < 1.29 is 4.74 Å². The summed E-state index contributed by atoms with van der Waals surface area (Å²) in [5.41, 5.74) is 7.53. The number of methoxy groups -OCH3 is 1. The molecule has 2 rings (SSSR count). The zero-order valence-corrected chi connectivity index (χ0v) is 10.7. The second-order valence-electron chi connectivity index (χ2n) is 4.27. The summed E-state index contributed by atoms with van der Waals surface area (Å²) in [6.45, 7) is 2.08. The van der Waals surface area contributed by atoms with E-state index in [2.05, 4.69) is 28.9 Å². The summed E-state index contributed by atoms with van der Waals surface area (Å²) in [6.07, 6.45) is 2.35. The van der Waals surface area contributed by atoms with E-state index in [-0.39, 0.29) is 11.5 Å². The van der Waals surface area contributed by atoms with Gasteiger partial charge in [0.2, 0.25) is 0 Å². The Hall–Kier alpha value is -0.540. The zero-order chi connectivity index (χ0) is 11.1. The maximum absolute atomic E-state index is 6.06. The molecule has 2 N–H and O–H groups in total. The number of rotatable bonds is 3. The lowest BCUT2D eigenvalue weighted by molar-refractivity contribution is 0.409. The highest BCUT2D eigenvalue weighted by atomic mass is 79.9. The smallest absolute Gasteiger partial charge is 0.133 e. The maximum atomic E-state index is 6.06. The van der Waals surface area contributed by atoms with Gasteiger partial charge in [0, 0.05) is 11.5 Å². The Kier molecular flexibility index (Phi) is 2.77. The summed E-state index contributed by atoms with van der Waals surface area (Å²) in [5, 5.41) is 0. The molecule has 0 spiro atoms. The normalized spacial score (nSPS) is 19.7. The molecule has 3 heteroatoms. The highest BCUT2D eigenvalue weighted by Crippen LogP contribution is 2.53. The van der Waals surface area contributed by atoms with Gasteiger partial charge in [-0.1, -0.05) is 12.1 Å². The summed E-state index contributed by atoms with van der Waals surface area (Å²) in [6, 6.07) is 6.33. The molecule has 0 saturated heterocycles. The Morgan fingerprint density at radius 2 is 2.13 bits per heavy atom. The van der Waals surface area contributed by atoms with Crippen molar-refractivity contribution >= 4 is 15.9 Å². The summed E-state index contributed by atoms with van der Waals surface area (Å²) >= 11 is 3.60. The van der Waals surface area contributed by atoms with Crippen LogP contribution in [-0.4, -0.2) is 13.2 Å². The first-order chi connectivity index (χ1) is 7.12. The average Bonchev–Trinajstić information content (AvgIpc) is 2.99. The summed E-state index contributed by atoms with van der Waals surface area (Å²) in [5.74, 6) is 0.888.